The van der Waals surface area contributed by atoms with Gasteiger partial charge in [-0.3, -0.25) is 4.79 Å². The van der Waals surface area contributed by atoms with E-state index in [4.69, 9.17) is 5.11 Å². The van der Waals surface area contributed by atoms with Crippen molar-refractivity contribution in [1.82, 2.24) is 4.98 Å². The standard InChI is InChI=1S/C14H14N2O4/c1-16(8-12(17)20-2)13-11-4-3-10(14(18)19)7-9(11)5-6-15-13/h3-7H,8H2,1-2H3,(H,18,19). The second-order valence-electron chi connectivity index (χ2n) is 4.31. The third-order valence-electron chi connectivity index (χ3n) is 2.95. The summed E-state index contributed by atoms with van der Waals surface area (Å²) in [6.07, 6.45) is 1.58. The number of carboxylic acid groups (broad SMARTS) is 1. The molecule has 0 saturated carbocycles. The van der Waals surface area contributed by atoms with E-state index < -0.39 is 5.97 Å². The molecule has 2 rings (SSSR count). The fourth-order valence-corrected chi connectivity index (χ4v) is 1.93. The first-order valence-electron chi connectivity index (χ1n) is 5.93. The highest BCUT2D eigenvalue weighted by molar-refractivity contribution is 5.98. The lowest BCUT2D eigenvalue weighted by molar-refractivity contribution is -0.138. The van der Waals surface area contributed by atoms with Crippen molar-refractivity contribution in [2.45, 2.75) is 0 Å². The van der Waals surface area contributed by atoms with Crippen LogP contribution in [0.3, 0.4) is 0 Å². The van der Waals surface area contributed by atoms with Gasteiger partial charge in [-0.05, 0) is 29.7 Å². The maximum atomic E-state index is 11.3. The molecule has 6 nitrogen and oxygen atoms in total. The lowest BCUT2D eigenvalue weighted by atomic mass is 10.1. The van der Waals surface area contributed by atoms with Crippen molar-refractivity contribution < 1.29 is 19.4 Å². The Morgan fingerprint density at radius 1 is 1.35 bits per heavy atom. The van der Waals surface area contributed by atoms with E-state index in [1.54, 1.807) is 36.3 Å². The summed E-state index contributed by atoms with van der Waals surface area (Å²) in [5.41, 5.74) is 0.213. The maximum absolute atomic E-state index is 11.3. The van der Waals surface area contributed by atoms with Gasteiger partial charge in [0.25, 0.3) is 0 Å². The number of esters is 1. The molecule has 0 fully saturated rings. The van der Waals surface area contributed by atoms with Gasteiger partial charge in [0.05, 0.1) is 12.7 Å². The molecule has 0 unspecified atom stereocenters. The second kappa shape index (κ2) is 5.56. The number of likely N-dealkylation sites (N-methyl/N-ethyl adjacent to an activating group) is 1. The van der Waals surface area contributed by atoms with Gasteiger partial charge in [-0.2, -0.15) is 0 Å². The number of benzene rings is 1. The first-order valence-corrected chi connectivity index (χ1v) is 5.93. The Bertz CT molecular complexity index is 669. The number of hydrogen-bond acceptors (Lipinski definition) is 5. The number of aromatic carboxylic acids is 1. The topological polar surface area (TPSA) is 79.7 Å². The summed E-state index contributed by atoms with van der Waals surface area (Å²) < 4.78 is 4.62. The van der Waals surface area contributed by atoms with Crippen molar-refractivity contribution in [3.05, 3.63) is 36.0 Å². The Morgan fingerprint density at radius 2 is 2.10 bits per heavy atom. The zero-order valence-electron chi connectivity index (χ0n) is 11.2. The van der Waals surface area contributed by atoms with Crippen LogP contribution in [0.1, 0.15) is 10.4 Å². The number of rotatable bonds is 4. The van der Waals surface area contributed by atoms with Crippen molar-refractivity contribution in [2.24, 2.45) is 0 Å². The van der Waals surface area contributed by atoms with Gasteiger partial charge >= 0.3 is 11.9 Å². The quantitative estimate of drug-likeness (QED) is 0.852. The normalized spacial score (nSPS) is 10.3. The van der Waals surface area contributed by atoms with E-state index in [2.05, 4.69) is 9.72 Å². The lowest BCUT2D eigenvalue weighted by Gasteiger charge is -2.18. The molecule has 1 heterocycles. The summed E-state index contributed by atoms with van der Waals surface area (Å²) in [7, 11) is 3.05. The van der Waals surface area contributed by atoms with Crippen molar-refractivity contribution in [3.63, 3.8) is 0 Å². The summed E-state index contributed by atoms with van der Waals surface area (Å²) in [6.45, 7) is 0.0727. The van der Waals surface area contributed by atoms with Gasteiger partial charge in [-0.15, -0.1) is 0 Å². The van der Waals surface area contributed by atoms with E-state index in [-0.39, 0.29) is 18.1 Å². The number of hydrogen-bond donors (Lipinski definition) is 1. The van der Waals surface area contributed by atoms with Crippen molar-refractivity contribution in [3.8, 4) is 0 Å². The summed E-state index contributed by atoms with van der Waals surface area (Å²) in [5.74, 6) is -0.744. The number of pyridine rings is 1. The molecule has 0 radical (unpaired) electrons. The third-order valence-corrected chi connectivity index (χ3v) is 2.95. The predicted octanol–water partition coefficient (Wildman–Crippen LogP) is 1.54. The lowest BCUT2D eigenvalue weighted by Crippen LogP contribution is -2.27. The molecule has 1 N–H and O–H groups in total. The number of carbonyl (C=O) groups excluding carboxylic acids is 1. The van der Waals surface area contributed by atoms with E-state index in [1.807, 2.05) is 0 Å². The Hall–Kier alpha value is -2.63. The molecule has 104 valence electrons. The number of methoxy groups -OCH3 is 1. The van der Waals surface area contributed by atoms with Crippen molar-refractivity contribution >= 4 is 28.5 Å². The average Bonchev–Trinajstić information content (AvgIpc) is 2.45. The fourth-order valence-electron chi connectivity index (χ4n) is 1.93. The van der Waals surface area contributed by atoms with Crippen molar-refractivity contribution in [2.75, 3.05) is 25.6 Å². The summed E-state index contributed by atoms with van der Waals surface area (Å²) >= 11 is 0. The van der Waals surface area contributed by atoms with E-state index in [0.717, 1.165) is 10.8 Å². The number of anilines is 1. The molecule has 0 amide bonds. The summed E-state index contributed by atoms with van der Waals surface area (Å²) in [4.78, 5) is 28.2. The number of carbonyl (C=O) groups is 2. The minimum atomic E-state index is -0.979. The van der Waals surface area contributed by atoms with Gasteiger partial charge in [-0.25, -0.2) is 9.78 Å². The van der Waals surface area contributed by atoms with Crippen LogP contribution in [0.15, 0.2) is 30.5 Å². The predicted molar refractivity (Wildman–Crippen MR) is 74.0 cm³/mol. The molecule has 0 aliphatic rings. The van der Waals surface area contributed by atoms with Crippen LogP contribution >= 0.6 is 0 Å². The molecular weight excluding hydrogens is 260 g/mol. The van der Waals surface area contributed by atoms with Crippen LogP contribution in [0.5, 0.6) is 0 Å². The first-order chi connectivity index (χ1) is 9.52. The highest BCUT2D eigenvalue weighted by atomic mass is 16.5. The average molecular weight is 274 g/mol. The number of ether oxygens (including phenoxy) is 1. The number of nitrogens with zero attached hydrogens (tertiary/aromatic N) is 2. The van der Waals surface area contributed by atoms with Crippen LogP contribution in [0.2, 0.25) is 0 Å². The molecule has 2 aromatic rings. The maximum Gasteiger partial charge on any atom is 0.335 e. The molecule has 0 aliphatic heterocycles. The Kier molecular flexibility index (Phi) is 3.84. The fraction of sp³-hybridized carbons (Fsp3) is 0.214. The molecule has 1 aromatic carbocycles. The smallest absolute Gasteiger partial charge is 0.335 e. The molecule has 0 aliphatic carbocycles. The number of fused-ring (bicyclic) bond motifs is 1. The van der Waals surface area contributed by atoms with Gasteiger partial charge in [0.2, 0.25) is 0 Å². The van der Waals surface area contributed by atoms with E-state index in [9.17, 15) is 9.59 Å². The van der Waals surface area contributed by atoms with E-state index in [1.165, 1.54) is 13.2 Å². The van der Waals surface area contributed by atoms with Gasteiger partial charge < -0.3 is 14.7 Å². The largest absolute Gasteiger partial charge is 0.478 e. The highest BCUT2D eigenvalue weighted by Crippen LogP contribution is 2.24. The minimum Gasteiger partial charge on any atom is -0.478 e. The molecule has 0 spiro atoms. The van der Waals surface area contributed by atoms with Crippen LogP contribution in [0.4, 0.5) is 5.82 Å². The third kappa shape index (κ3) is 2.69. The zero-order valence-corrected chi connectivity index (χ0v) is 11.2. The SMILES string of the molecule is COC(=O)CN(C)c1nccc2cc(C(=O)O)ccc12. The molecular formula is C14H14N2O4. The van der Waals surface area contributed by atoms with Crippen LogP contribution in [-0.2, 0) is 9.53 Å². The highest BCUT2D eigenvalue weighted by Gasteiger charge is 2.13. The van der Waals surface area contributed by atoms with Crippen LogP contribution in [-0.4, -0.2) is 42.7 Å². The van der Waals surface area contributed by atoms with Gasteiger partial charge in [0.15, 0.2) is 0 Å². The molecule has 0 bridgehead atoms. The molecule has 20 heavy (non-hydrogen) atoms. The second-order valence-corrected chi connectivity index (χ2v) is 4.31. The monoisotopic (exact) mass is 274 g/mol. The van der Waals surface area contributed by atoms with Crippen molar-refractivity contribution in [1.29, 1.82) is 0 Å². The van der Waals surface area contributed by atoms with E-state index >= 15 is 0 Å². The minimum absolute atomic E-state index is 0.0727. The summed E-state index contributed by atoms with van der Waals surface area (Å²) in [6, 6.07) is 6.52. The Labute approximate surface area is 115 Å². The molecule has 1 aromatic heterocycles. The summed E-state index contributed by atoms with van der Waals surface area (Å²) in [5, 5.41) is 10.5. The van der Waals surface area contributed by atoms with Crippen LogP contribution in [0.25, 0.3) is 10.8 Å². The molecule has 6 heteroatoms. The number of carboxylic acids is 1. The zero-order chi connectivity index (χ0) is 14.7. The molecule has 0 atom stereocenters. The van der Waals surface area contributed by atoms with Gasteiger partial charge in [0.1, 0.15) is 12.4 Å². The Balaban J connectivity index is 2.44. The van der Waals surface area contributed by atoms with Gasteiger partial charge in [-0.1, -0.05) is 0 Å². The van der Waals surface area contributed by atoms with Crippen LogP contribution in [0, 0.1) is 0 Å². The Morgan fingerprint density at radius 3 is 2.75 bits per heavy atom. The molecule has 0 saturated heterocycles. The van der Waals surface area contributed by atoms with Gasteiger partial charge in [0, 0.05) is 18.6 Å². The van der Waals surface area contributed by atoms with E-state index in [0.29, 0.717) is 5.82 Å². The number of aromatic nitrogens is 1. The van der Waals surface area contributed by atoms with Crippen LogP contribution < -0.4 is 4.90 Å². The first kappa shape index (κ1) is 13.8.